The number of ether oxygens (including phenoxy) is 2. The summed E-state index contributed by atoms with van der Waals surface area (Å²) < 4.78 is 10.4. The average Bonchev–Trinajstić information content (AvgIpc) is 2.66. The summed E-state index contributed by atoms with van der Waals surface area (Å²) in [5.74, 6) is 0.255. The third kappa shape index (κ3) is 5.87. The van der Waals surface area contributed by atoms with Crippen LogP contribution in [0.5, 0.6) is 11.5 Å². The van der Waals surface area contributed by atoms with E-state index in [2.05, 4.69) is 15.8 Å². The van der Waals surface area contributed by atoms with Gasteiger partial charge in [-0.25, -0.2) is 5.43 Å². The zero-order valence-corrected chi connectivity index (χ0v) is 17.0. The van der Waals surface area contributed by atoms with E-state index < -0.39 is 5.91 Å². The molecule has 0 aliphatic rings. The molecule has 0 aliphatic carbocycles. The number of nitrogens with zero attached hydrogens (tertiary/aromatic N) is 1. The predicted octanol–water partition coefficient (Wildman–Crippen LogP) is 4.15. The predicted molar refractivity (Wildman–Crippen MR) is 110 cm³/mol. The molecular weight excluding hydrogens is 405 g/mol. The lowest BCUT2D eigenvalue weighted by Crippen LogP contribution is -2.22. The van der Waals surface area contributed by atoms with Crippen molar-refractivity contribution in [2.45, 2.75) is 13.3 Å². The Morgan fingerprint density at radius 3 is 2.46 bits per heavy atom. The number of hydrazone groups is 1. The van der Waals surface area contributed by atoms with E-state index in [0.29, 0.717) is 27.9 Å². The van der Waals surface area contributed by atoms with Gasteiger partial charge in [-0.1, -0.05) is 23.2 Å². The molecule has 0 fully saturated rings. The third-order valence-corrected chi connectivity index (χ3v) is 4.17. The first-order valence-corrected chi connectivity index (χ1v) is 8.90. The summed E-state index contributed by atoms with van der Waals surface area (Å²) in [6, 6.07) is 9.54. The quantitative estimate of drug-likeness (QED) is 0.517. The SMILES string of the molecule is COc1ccc(NC(=O)C/C(C)=N/NC(=O)c2ccc(Cl)cc2Cl)c(OC)c1. The van der Waals surface area contributed by atoms with E-state index in [-0.39, 0.29) is 22.9 Å². The van der Waals surface area contributed by atoms with Crippen LogP contribution in [-0.2, 0) is 4.79 Å². The Kier molecular flexibility index (Phi) is 7.66. The number of carbonyl (C=O) groups is 2. The number of anilines is 1. The summed E-state index contributed by atoms with van der Waals surface area (Å²) in [6.45, 7) is 1.62. The molecule has 0 aromatic heterocycles. The van der Waals surface area contributed by atoms with Gasteiger partial charge < -0.3 is 14.8 Å². The van der Waals surface area contributed by atoms with Crippen LogP contribution in [0.4, 0.5) is 5.69 Å². The highest BCUT2D eigenvalue weighted by Crippen LogP contribution is 2.29. The van der Waals surface area contributed by atoms with Crippen LogP contribution in [0.15, 0.2) is 41.5 Å². The molecule has 7 nitrogen and oxygen atoms in total. The van der Waals surface area contributed by atoms with Crippen molar-refractivity contribution in [3.63, 3.8) is 0 Å². The average molecular weight is 424 g/mol. The molecule has 0 saturated carbocycles. The topological polar surface area (TPSA) is 89.0 Å². The lowest BCUT2D eigenvalue weighted by Gasteiger charge is -2.11. The molecule has 0 unspecified atom stereocenters. The fraction of sp³-hybridized carbons (Fsp3) is 0.211. The van der Waals surface area contributed by atoms with E-state index in [1.54, 1.807) is 38.3 Å². The maximum atomic E-state index is 12.2. The van der Waals surface area contributed by atoms with Crippen LogP contribution >= 0.6 is 23.2 Å². The van der Waals surface area contributed by atoms with Crippen LogP contribution < -0.4 is 20.2 Å². The molecule has 0 bridgehead atoms. The summed E-state index contributed by atoms with van der Waals surface area (Å²) in [5, 5.41) is 7.29. The van der Waals surface area contributed by atoms with Crippen molar-refractivity contribution in [2.24, 2.45) is 5.10 Å². The molecule has 2 rings (SSSR count). The van der Waals surface area contributed by atoms with E-state index >= 15 is 0 Å². The van der Waals surface area contributed by atoms with Gasteiger partial charge in [-0.05, 0) is 37.3 Å². The summed E-state index contributed by atoms with van der Waals surface area (Å²) in [4.78, 5) is 24.4. The molecule has 0 heterocycles. The Hall–Kier alpha value is -2.77. The Labute approximate surface area is 172 Å². The highest BCUT2D eigenvalue weighted by molar-refractivity contribution is 6.36. The van der Waals surface area contributed by atoms with Gasteiger partial charge >= 0.3 is 0 Å². The molecular formula is C19H19Cl2N3O4. The molecule has 0 aliphatic heterocycles. The Balaban J connectivity index is 1.97. The number of hydrogen-bond donors (Lipinski definition) is 2. The van der Waals surface area contributed by atoms with Crippen LogP contribution in [-0.4, -0.2) is 31.7 Å². The lowest BCUT2D eigenvalue weighted by atomic mass is 10.2. The number of nitrogens with one attached hydrogen (secondary N) is 2. The molecule has 28 heavy (non-hydrogen) atoms. The van der Waals surface area contributed by atoms with E-state index in [4.69, 9.17) is 32.7 Å². The lowest BCUT2D eigenvalue weighted by molar-refractivity contribution is -0.115. The molecule has 9 heteroatoms. The molecule has 0 saturated heterocycles. The normalized spacial score (nSPS) is 11.0. The second-order valence-electron chi connectivity index (χ2n) is 5.70. The van der Waals surface area contributed by atoms with Gasteiger partial charge in [-0.3, -0.25) is 9.59 Å². The third-order valence-electron chi connectivity index (χ3n) is 3.62. The van der Waals surface area contributed by atoms with E-state index in [1.165, 1.54) is 19.2 Å². The van der Waals surface area contributed by atoms with Crippen molar-refractivity contribution in [3.05, 3.63) is 52.0 Å². The number of hydrogen-bond acceptors (Lipinski definition) is 5. The first kappa shape index (κ1) is 21.5. The highest BCUT2D eigenvalue weighted by Gasteiger charge is 2.12. The van der Waals surface area contributed by atoms with Crippen molar-refractivity contribution >= 4 is 46.4 Å². The second kappa shape index (κ2) is 9.96. The van der Waals surface area contributed by atoms with Gasteiger partial charge in [0, 0.05) is 16.8 Å². The fourth-order valence-electron chi connectivity index (χ4n) is 2.25. The fourth-order valence-corrected chi connectivity index (χ4v) is 2.74. The summed E-state index contributed by atoms with van der Waals surface area (Å²) in [7, 11) is 3.03. The summed E-state index contributed by atoms with van der Waals surface area (Å²) >= 11 is 11.8. The number of carbonyl (C=O) groups excluding carboxylic acids is 2. The second-order valence-corrected chi connectivity index (χ2v) is 6.55. The number of methoxy groups -OCH3 is 2. The van der Waals surface area contributed by atoms with E-state index in [0.717, 1.165) is 0 Å². The van der Waals surface area contributed by atoms with E-state index in [9.17, 15) is 9.59 Å². The monoisotopic (exact) mass is 423 g/mol. The molecule has 2 N–H and O–H groups in total. The molecule has 2 aromatic rings. The molecule has 148 valence electrons. The van der Waals surface area contributed by atoms with Crippen molar-refractivity contribution in [1.82, 2.24) is 5.43 Å². The van der Waals surface area contributed by atoms with Crippen LogP contribution in [0.1, 0.15) is 23.7 Å². The van der Waals surface area contributed by atoms with Crippen LogP contribution in [0, 0.1) is 0 Å². The smallest absolute Gasteiger partial charge is 0.272 e. The highest BCUT2D eigenvalue weighted by atomic mass is 35.5. The molecule has 0 radical (unpaired) electrons. The minimum Gasteiger partial charge on any atom is -0.497 e. The summed E-state index contributed by atoms with van der Waals surface area (Å²) in [6.07, 6.45) is -0.0240. The van der Waals surface area contributed by atoms with Gasteiger partial charge in [0.2, 0.25) is 5.91 Å². The Morgan fingerprint density at radius 1 is 1.07 bits per heavy atom. The van der Waals surface area contributed by atoms with Crippen molar-refractivity contribution in [2.75, 3.05) is 19.5 Å². The maximum Gasteiger partial charge on any atom is 0.272 e. The van der Waals surface area contributed by atoms with Crippen molar-refractivity contribution < 1.29 is 19.1 Å². The van der Waals surface area contributed by atoms with Gasteiger partial charge in [0.05, 0.1) is 36.9 Å². The molecule has 2 aromatic carbocycles. The summed E-state index contributed by atoms with van der Waals surface area (Å²) in [5.41, 5.74) is 3.50. The van der Waals surface area contributed by atoms with Crippen molar-refractivity contribution in [3.8, 4) is 11.5 Å². The van der Waals surface area contributed by atoms with Gasteiger partial charge in [0.15, 0.2) is 0 Å². The number of rotatable bonds is 7. The molecule has 0 atom stereocenters. The standard InChI is InChI=1S/C19H19Cl2N3O4/c1-11(23-24-19(26)14-6-4-12(20)9-15(14)21)8-18(25)22-16-7-5-13(27-2)10-17(16)28-3/h4-7,9-10H,8H2,1-3H3,(H,22,25)(H,24,26)/b23-11+. The van der Waals surface area contributed by atoms with Gasteiger partial charge in [0.25, 0.3) is 5.91 Å². The van der Waals surface area contributed by atoms with Crippen LogP contribution in [0.3, 0.4) is 0 Å². The van der Waals surface area contributed by atoms with Gasteiger partial charge in [-0.15, -0.1) is 0 Å². The van der Waals surface area contributed by atoms with Crippen LogP contribution in [0.25, 0.3) is 0 Å². The Bertz CT molecular complexity index is 916. The molecule has 0 spiro atoms. The number of benzene rings is 2. The molecule has 2 amide bonds. The maximum absolute atomic E-state index is 12.2. The minimum absolute atomic E-state index is 0.0240. The van der Waals surface area contributed by atoms with Crippen molar-refractivity contribution in [1.29, 1.82) is 0 Å². The van der Waals surface area contributed by atoms with Crippen LogP contribution in [0.2, 0.25) is 10.0 Å². The number of amides is 2. The Morgan fingerprint density at radius 2 is 1.82 bits per heavy atom. The minimum atomic E-state index is -0.502. The zero-order chi connectivity index (χ0) is 20.7. The zero-order valence-electron chi connectivity index (χ0n) is 15.5. The van der Waals surface area contributed by atoms with E-state index in [1.807, 2.05) is 0 Å². The van der Waals surface area contributed by atoms with Gasteiger partial charge in [-0.2, -0.15) is 5.10 Å². The van der Waals surface area contributed by atoms with Gasteiger partial charge in [0.1, 0.15) is 11.5 Å². The first-order valence-electron chi connectivity index (χ1n) is 8.14. The first-order chi connectivity index (χ1) is 13.3. The number of halogens is 2. The largest absolute Gasteiger partial charge is 0.497 e.